The van der Waals surface area contributed by atoms with Crippen molar-refractivity contribution in [3.63, 3.8) is 0 Å². The van der Waals surface area contributed by atoms with E-state index in [0.29, 0.717) is 25.2 Å². The maximum absolute atomic E-state index is 11.6. The van der Waals surface area contributed by atoms with Gasteiger partial charge in [-0.15, -0.1) is 0 Å². The van der Waals surface area contributed by atoms with Crippen molar-refractivity contribution in [3.05, 3.63) is 22.6 Å². The van der Waals surface area contributed by atoms with Crippen LogP contribution in [0.15, 0.2) is 17.1 Å². The fourth-order valence-corrected chi connectivity index (χ4v) is 1.28. The highest BCUT2D eigenvalue weighted by molar-refractivity contribution is 5.38. The molecule has 1 unspecified atom stereocenters. The van der Waals surface area contributed by atoms with E-state index in [1.165, 1.54) is 16.9 Å². The van der Waals surface area contributed by atoms with Gasteiger partial charge in [-0.2, -0.15) is 10.4 Å². The molecule has 0 saturated heterocycles. The molecule has 0 fully saturated rings. The van der Waals surface area contributed by atoms with Crippen molar-refractivity contribution in [2.75, 3.05) is 18.4 Å². The van der Waals surface area contributed by atoms with E-state index < -0.39 is 6.04 Å². The lowest BCUT2D eigenvalue weighted by Crippen LogP contribution is -2.26. The first kappa shape index (κ1) is 12.2. The van der Waals surface area contributed by atoms with Crippen LogP contribution in [0.1, 0.15) is 19.4 Å². The highest BCUT2D eigenvalue weighted by Gasteiger charge is 2.10. The maximum atomic E-state index is 11.6. The second-order valence-corrected chi connectivity index (χ2v) is 3.30. The molecule has 1 heterocycles. The molecule has 6 nitrogen and oxygen atoms in total. The van der Waals surface area contributed by atoms with Crippen molar-refractivity contribution in [2.24, 2.45) is 5.73 Å². The normalized spacial score (nSPS) is 11.8. The highest BCUT2D eigenvalue weighted by atomic mass is 16.1. The predicted molar refractivity (Wildman–Crippen MR) is 61.0 cm³/mol. The Hall–Kier alpha value is -1.87. The molecule has 1 atom stereocenters. The van der Waals surface area contributed by atoms with Crippen molar-refractivity contribution < 1.29 is 0 Å². The zero-order valence-electron chi connectivity index (χ0n) is 9.18. The molecule has 16 heavy (non-hydrogen) atoms. The van der Waals surface area contributed by atoms with E-state index in [1.54, 1.807) is 0 Å². The van der Waals surface area contributed by atoms with Gasteiger partial charge in [0.2, 0.25) is 0 Å². The van der Waals surface area contributed by atoms with Gasteiger partial charge in [0.15, 0.2) is 0 Å². The topological polar surface area (TPSA) is 96.7 Å². The maximum Gasteiger partial charge on any atom is 0.270 e. The van der Waals surface area contributed by atoms with Crippen molar-refractivity contribution in [1.29, 1.82) is 5.26 Å². The van der Waals surface area contributed by atoms with Crippen molar-refractivity contribution in [1.82, 2.24) is 9.78 Å². The van der Waals surface area contributed by atoms with Crippen molar-refractivity contribution >= 4 is 5.69 Å². The Labute approximate surface area is 93.7 Å². The molecule has 1 rings (SSSR count). The summed E-state index contributed by atoms with van der Waals surface area (Å²) in [4.78, 5) is 11.6. The van der Waals surface area contributed by atoms with Crippen LogP contribution < -0.4 is 16.6 Å². The van der Waals surface area contributed by atoms with Crippen LogP contribution in [0.3, 0.4) is 0 Å². The number of nitrogens with two attached hydrogens (primary N) is 1. The Morgan fingerprint density at radius 3 is 3.00 bits per heavy atom. The number of aromatic nitrogens is 2. The summed E-state index contributed by atoms with van der Waals surface area (Å²) in [5, 5.41) is 15.7. The molecule has 0 saturated carbocycles. The van der Waals surface area contributed by atoms with Gasteiger partial charge >= 0.3 is 0 Å². The Balaban J connectivity index is 2.92. The molecule has 6 heteroatoms. The van der Waals surface area contributed by atoms with Gasteiger partial charge in [0.1, 0.15) is 6.04 Å². The summed E-state index contributed by atoms with van der Waals surface area (Å²) in [6.07, 6.45) is 2.08. The van der Waals surface area contributed by atoms with Gasteiger partial charge in [-0.3, -0.25) is 4.79 Å². The first-order valence-electron chi connectivity index (χ1n) is 5.15. The molecule has 0 aliphatic rings. The lowest BCUT2D eigenvalue weighted by molar-refractivity contribution is 0.506. The van der Waals surface area contributed by atoms with E-state index in [-0.39, 0.29) is 5.56 Å². The van der Waals surface area contributed by atoms with Gasteiger partial charge in [-0.1, -0.05) is 6.92 Å². The molecular formula is C10H15N5O. The molecule has 0 aromatic carbocycles. The number of hydrogen-bond acceptors (Lipinski definition) is 5. The van der Waals surface area contributed by atoms with E-state index in [4.69, 9.17) is 11.0 Å². The van der Waals surface area contributed by atoms with Crippen LogP contribution in [-0.4, -0.2) is 22.9 Å². The first-order chi connectivity index (χ1) is 7.72. The lowest BCUT2D eigenvalue weighted by atomic mass is 10.2. The van der Waals surface area contributed by atoms with Crippen LogP contribution in [0.5, 0.6) is 0 Å². The van der Waals surface area contributed by atoms with Crippen LogP contribution in [0.25, 0.3) is 0 Å². The van der Waals surface area contributed by atoms with Crippen molar-refractivity contribution in [3.8, 4) is 6.07 Å². The smallest absolute Gasteiger partial charge is 0.270 e. The molecule has 3 N–H and O–H groups in total. The SMILES string of the molecule is CCC(C#N)n1ncc(NCCN)cc1=O. The summed E-state index contributed by atoms with van der Waals surface area (Å²) >= 11 is 0. The van der Waals surface area contributed by atoms with Crippen LogP contribution in [-0.2, 0) is 0 Å². The molecule has 0 aliphatic heterocycles. The number of anilines is 1. The van der Waals surface area contributed by atoms with E-state index in [9.17, 15) is 4.79 Å². The molecule has 86 valence electrons. The minimum Gasteiger partial charge on any atom is -0.382 e. The molecule has 0 aliphatic carbocycles. The second kappa shape index (κ2) is 5.88. The standard InChI is InChI=1S/C10H15N5O/c1-2-9(6-12)15-10(16)5-8(7-14-15)13-4-3-11/h5,7,9,13H,2-4,11H2,1H3. The predicted octanol–water partition coefficient (Wildman–Crippen LogP) is 0.0886. The van der Waals surface area contributed by atoms with Crippen LogP contribution in [0, 0.1) is 11.3 Å². The van der Waals surface area contributed by atoms with Crippen LogP contribution >= 0.6 is 0 Å². The van der Waals surface area contributed by atoms with Gasteiger partial charge in [-0.25, -0.2) is 4.68 Å². The zero-order chi connectivity index (χ0) is 12.0. The van der Waals surface area contributed by atoms with Gasteiger partial charge in [0.05, 0.1) is 18.0 Å². The number of nitriles is 1. The summed E-state index contributed by atoms with van der Waals surface area (Å²) in [7, 11) is 0. The number of nitrogens with one attached hydrogen (secondary N) is 1. The fourth-order valence-electron chi connectivity index (χ4n) is 1.28. The average Bonchev–Trinajstić information content (AvgIpc) is 2.30. The molecule has 0 spiro atoms. The second-order valence-electron chi connectivity index (χ2n) is 3.30. The summed E-state index contributed by atoms with van der Waals surface area (Å²) in [6, 6.07) is 2.95. The number of hydrogen-bond donors (Lipinski definition) is 2. The highest BCUT2D eigenvalue weighted by Crippen LogP contribution is 2.06. The quantitative estimate of drug-likeness (QED) is 0.734. The van der Waals surface area contributed by atoms with Gasteiger partial charge < -0.3 is 11.1 Å². The van der Waals surface area contributed by atoms with Gasteiger partial charge in [0.25, 0.3) is 5.56 Å². The van der Waals surface area contributed by atoms with E-state index in [0.717, 1.165) is 0 Å². The molecule has 1 aromatic heterocycles. The largest absolute Gasteiger partial charge is 0.382 e. The van der Waals surface area contributed by atoms with E-state index in [2.05, 4.69) is 10.4 Å². The Morgan fingerprint density at radius 2 is 2.50 bits per heavy atom. The minimum atomic E-state index is -0.504. The molecule has 0 amide bonds. The first-order valence-corrected chi connectivity index (χ1v) is 5.15. The van der Waals surface area contributed by atoms with E-state index >= 15 is 0 Å². The minimum absolute atomic E-state index is 0.282. The van der Waals surface area contributed by atoms with Crippen LogP contribution in [0.4, 0.5) is 5.69 Å². The summed E-state index contributed by atoms with van der Waals surface area (Å²) in [5.41, 5.74) is 5.67. The Bertz CT molecular complexity index is 434. The third-order valence-corrected chi connectivity index (χ3v) is 2.13. The third-order valence-electron chi connectivity index (χ3n) is 2.13. The molecule has 1 aromatic rings. The van der Waals surface area contributed by atoms with E-state index in [1.807, 2.05) is 13.0 Å². The molecule has 0 radical (unpaired) electrons. The summed E-state index contributed by atoms with van der Waals surface area (Å²) in [6.45, 7) is 2.90. The fraction of sp³-hybridized carbons (Fsp3) is 0.500. The average molecular weight is 221 g/mol. The summed E-state index contributed by atoms with van der Waals surface area (Å²) < 4.78 is 1.19. The monoisotopic (exact) mass is 221 g/mol. The number of nitrogens with zero attached hydrogens (tertiary/aromatic N) is 3. The Kier molecular flexibility index (Phi) is 4.48. The molecular weight excluding hydrogens is 206 g/mol. The lowest BCUT2D eigenvalue weighted by Gasteiger charge is -2.10. The van der Waals surface area contributed by atoms with Gasteiger partial charge in [0, 0.05) is 19.2 Å². The van der Waals surface area contributed by atoms with Crippen LogP contribution in [0.2, 0.25) is 0 Å². The molecule has 0 bridgehead atoms. The number of rotatable bonds is 5. The van der Waals surface area contributed by atoms with Gasteiger partial charge in [-0.05, 0) is 6.42 Å². The third kappa shape index (κ3) is 2.81. The van der Waals surface area contributed by atoms with Crippen molar-refractivity contribution in [2.45, 2.75) is 19.4 Å². The summed E-state index contributed by atoms with van der Waals surface area (Å²) in [5.74, 6) is 0. The Morgan fingerprint density at radius 1 is 1.75 bits per heavy atom. The zero-order valence-corrected chi connectivity index (χ0v) is 9.18.